The molecular formula is C27H38N5O6P. The number of aromatic nitrogens is 2. The molecule has 1 fully saturated rings. The third kappa shape index (κ3) is 7.16. The van der Waals surface area contributed by atoms with E-state index in [1.807, 2.05) is 26.0 Å². The van der Waals surface area contributed by atoms with E-state index in [2.05, 4.69) is 20.2 Å². The number of hydrogen-bond acceptors (Lipinski definition) is 10. The van der Waals surface area contributed by atoms with Crippen molar-refractivity contribution in [3.05, 3.63) is 48.2 Å². The predicted octanol–water partition coefficient (Wildman–Crippen LogP) is 4.54. The topological polar surface area (TPSA) is 138 Å². The highest BCUT2D eigenvalue weighted by Crippen LogP contribution is 2.50. The van der Waals surface area contributed by atoms with Gasteiger partial charge in [0.25, 0.3) is 5.91 Å². The lowest BCUT2D eigenvalue weighted by molar-refractivity contribution is -0.111. The number of nitrogens with one attached hydrogen (secondary N) is 1. The van der Waals surface area contributed by atoms with Gasteiger partial charge in [-0.25, -0.2) is 14.5 Å². The van der Waals surface area contributed by atoms with E-state index in [0.717, 1.165) is 36.3 Å². The number of fused-ring (bicyclic) bond motifs is 1. The van der Waals surface area contributed by atoms with E-state index < -0.39 is 13.7 Å². The predicted molar refractivity (Wildman–Crippen MR) is 149 cm³/mol. The van der Waals surface area contributed by atoms with Crippen LogP contribution in [0.15, 0.2) is 36.8 Å². The fourth-order valence-electron chi connectivity index (χ4n) is 4.85. The summed E-state index contributed by atoms with van der Waals surface area (Å²) in [5, 5.41) is 3.04. The van der Waals surface area contributed by atoms with Gasteiger partial charge in [-0.3, -0.25) is 18.4 Å². The largest absolute Gasteiger partial charge is 0.487 e. The Morgan fingerprint density at radius 2 is 1.85 bits per heavy atom. The third-order valence-corrected chi connectivity index (χ3v) is 8.26. The summed E-state index contributed by atoms with van der Waals surface area (Å²) in [5.41, 5.74) is 8.20. The molecule has 1 aromatic heterocycles. The van der Waals surface area contributed by atoms with Gasteiger partial charge in [-0.1, -0.05) is 0 Å². The zero-order valence-corrected chi connectivity index (χ0v) is 23.9. The molecular weight excluding hydrogens is 521 g/mol. The van der Waals surface area contributed by atoms with Crippen molar-refractivity contribution in [3.63, 3.8) is 0 Å². The Hall–Kier alpha value is -2.98. The van der Waals surface area contributed by atoms with Gasteiger partial charge in [-0.15, -0.1) is 0 Å². The summed E-state index contributed by atoms with van der Waals surface area (Å²) in [4.78, 5) is 23.8. The smallest absolute Gasteiger partial charge is 0.474 e. The Kier molecular flexibility index (Phi) is 9.27. The Morgan fingerprint density at radius 1 is 1.18 bits per heavy atom. The number of rotatable bonds is 11. The Morgan fingerprint density at radius 3 is 2.46 bits per heavy atom. The first-order chi connectivity index (χ1) is 18.7. The molecule has 11 nitrogen and oxygen atoms in total. The van der Waals surface area contributed by atoms with Crippen molar-refractivity contribution in [1.82, 2.24) is 9.97 Å². The molecule has 0 bridgehead atoms. The van der Waals surface area contributed by atoms with Crippen LogP contribution in [0.25, 0.3) is 5.57 Å². The molecule has 0 spiro atoms. The van der Waals surface area contributed by atoms with Crippen LogP contribution in [0.1, 0.15) is 51.9 Å². The van der Waals surface area contributed by atoms with Gasteiger partial charge in [0, 0.05) is 49.7 Å². The lowest BCUT2D eigenvalue weighted by atomic mass is 9.96. The van der Waals surface area contributed by atoms with E-state index in [1.54, 1.807) is 32.3 Å². The minimum absolute atomic E-state index is 0.183. The number of anilines is 2. The van der Waals surface area contributed by atoms with Crippen LogP contribution in [0.5, 0.6) is 5.75 Å². The summed E-state index contributed by atoms with van der Waals surface area (Å²) in [6.07, 6.45) is 6.69. The first-order valence-corrected chi connectivity index (χ1v) is 14.8. The van der Waals surface area contributed by atoms with Crippen LogP contribution in [-0.4, -0.2) is 54.4 Å². The second kappa shape index (κ2) is 12.5. The summed E-state index contributed by atoms with van der Waals surface area (Å²) in [6, 6.07) is 5.66. The molecule has 2 aliphatic heterocycles. The molecule has 1 saturated heterocycles. The Balaban J connectivity index is 1.50. The van der Waals surface area contributed by atoms with Gasteiger partial charge in [0.15, 0.2) is 5.82 Å². The summed E-state index contributed by atoms with van der Waals surface area (Å²) >= 11 is 0. The van der Waals surface area contributed by atoms with Crippen LogP contribution in [-0.2, 0) is 29.4 Å². The third-order valence-electron chi connectivity index (χ3n) is 6.65. The summed E-state index contributed by atoms with van der Waals surface area (Å²) in [5.74, 6) is 0.866. The van der Waals surface area contributed by atoms with E-state index >= 15 is 0 Å². The molecule has 0 aliphatic carbocycles. The van der Waals surface area contributed by atoms with E-state index in [1.165, 1.54) is 6.20 Å². The maximum atomic E-state index is 13.3. The van der Waals surface area contributed by atoms with Gasteiger partial charge in [0.1, 0.15) is 11.4 Å². The van der Waals surface area contributed by atoms with Crippen molar-refractivity contribution in [2.45, 2.75) is 52.6 Å². The highest BCUT2D eigenvalue weighted by atomic mass is 31.2. The number of phosphoric acid groups is 1. The monoisotopic (exact) mass is 559 g/mol. The molecule has 0 atom stereocenters. The van der Waals surface area contributed by atoms with Crippen LogP contribution >= 0.6 is 7.82 Å². The average Bonchev–Trinajstić information content (AvgIpc) is 3.21. The highest BCUT2D eigenvalue weighted by molar-refractivity contribution is 7.48. The molecule has 1 amide bonds. The van der Waals surface area contributed by atoms with Crippen molar-refractivity contribution in [2.24, 2.45) is 11.7 Å². The normalized spacial score (nSPS) is 17.5. The highest BCUT2D eigenvalue weighted by Gasteiger charge is 2.33. The van der Waals surface area contributed by atoms with Gasteiger partial charge < -0.3 is 20.7 Å². The first-order valence-electron chi connectivity index (χ1n) is 13.3. The molecule has 3 heterocycles. The van der Waals surface area contributed by atoms with E-state index in [9.17, 15) is 9.36 Å². The number of phosphoric ester groups is 1. The lowest BCUT2D eigenvalue weighted by Gasteiger charge is -2.35. The van der Waals surface area contributed by atoms with E-state index in [-0.39, 0.29) is 42.7 Å². The SMILES string of the molecule is CCOP(=O)(OCC)OCC1CCN(c2cc3c(cc2NC(=O)C(=CN)c2ncccn2)CC(C)(C)O3)CC1. The van der Waals surface area contributed by atoms with Gasteiger partial charge in [-0.05, 0) is 58.6 Å². The van der Waals surface area contributed by atoms with E-state index in [0.29, 0.717) is 18.8 Å². The summed E-state index contributed by atoms with van der Waals surface area (Å²) in [7, 11) is -3.55. The number of amides is 1. The van der Waals surface area contributed by atoms with Crippen molar-refractivity contribution < 1.29 is 27.7 Å². The number of carbonyl (C=O) groups excluding carboxylic acids is 1. The van der Waals surface area contributed by atoms with E-state index in [4.69, 9.17) is 24.0 Å². The summed E-state index contributed by atoms with van der Waals surface area (Å²) in [6.45, 7) is 9.82. The van der Waals surface area contributed by atoms with Crippen molar-refractivity contribution in [2.75, 3.05) is 43.1 Å². The minimum Gasteiger partial charge on any atom is -0.487 e. The van der Waals surface area contributed by atoms with Crippen LogP contribution in [0.3, 0.4) is 0 Å². The van der Waals surface area contributed by atoms with Gasteiger partial charge in [0.05, 0.1) is 36.8 Å². The standard InChI is InChI=1S/C27H38N5O6P/c1-5-35-39(34,36-6-2)37-18-19-8-12-32(13-9-19)23-15-24-20(16-27(3,4)38-24)14-22(23)31-26(33)21(17-28)25-29-10-7-11-30-25/h7,10-11,14-15,17,19H,5-6,8-9,12-13,16,18,28H2,1-4H3,(H,31,33). The average molecular weight is 560 g/mol. The lowest BCUT2D eigenvalue weighted by Crippen LogP contribution is -2.35. The zero-order chi connectivity index (χ0) is 28.0. The molecule has 12 heteroatoms. The second-order valence-electron chi connectivity index (χ2n) is 10.1. The van der Waals surface area contributed by atoms with Crippen LogP contribution in [0.2, 0.25) is 0 Å². The van der Waals surface area contributed by atoms with Crippen molar-refractivity contribution >= 4 is 30.7 Å². The molecule has 0 unspecified atom stereocenters. The number of benzene rings is 1. The fourth-order valence-corrected chi connectivity index (χ4v) is 6.10. The van der Waals surface area contributed by atoms with Crippen LogP contribution < -0.4 is 20.7 Å². The Labute approximate surface area is 229 Å². The number of piperidine rings is 1. The second-order valence-corrected chi connectivity index (χ2v) is 11.8. The minimum atomic E-state index is -3.55. The van der Waals surface area contributed by atoms with Crippen LogP contribution in [0.4, 0.5) is 11.4 Å². The fraction of sp³-hybridized carbons (Fsp3) is 0.519. The summed E-state index contributed by atoms with van der Waals surface area (Å²) < 4.78 is 35.0. The number of nitrogens with two attached hydrogens (primary N) is 1. The molecule has 2 aliphatic rings. The molecule has 39 heavy (non-hydrogen) atoms. The Bertz CT molecular complexity index is 1220. The molecule has 1 aromatic carbocycles. The molecule has 4 rings (SSSR count). The van der Waals surface area contributed by atoms with Crippen molar-refractivity contribution in [3.8, 4) is 5.75 Å². The molecule has 3 N–H and O–H groups in total. The zero-order valence-electron chi connectivity index (χ0n) is 23.0. The molecule has 0 saturated carbocycles. The maximum absolute atomic E-state index is 13.3. The maximum Gasteiger partial charge on any atom is 0.474 e. The van der Waals surface area contributed by atoms with Crippen molar-refractivity contribution in [1.29, 1.82) is 0 Å². The number of nitrogens with zero attached hydrogens (tertiary/aromatic N) is 3. The first kappa shape index (κ1) is 29.0. The van der Waals surface area contributed by atoms with Gasteiger partial charge >= 0.3 is 7.82 Å². The van der Waals surface area contributed by atoms with Gasteiger partial charge in [0.2, 0.25) is 0 Å². The molecule has 212 valence electrons. The molecule has 0 radical (unpaired) electrons. The van der Waals surface area contributed by atoms with Gasteiger partial charge in [-0.2, -0.15) is 0 Å². The molecule has 2 aromatic rings. The quantitative estimate of drug-likeness (QED) is 0.298. The van der Waals surface area contributed by atoms with Crippen LogP contribution in [0, 0.1) is 5.92 Å². The number of ether oxygens (including phenoxy) is 1. The number of carbonyl (C=O) groups is 1. The number of hydrogen-bond donors (Lipinski definition) is 2.